The number of benzene rings is 2. The third-order valence-corrected chi connectivity index (χ3v) is 5.15. The van der Waals surface area contributed by atoms with Gasteiger partial charge in [0.2, 0.25) is 0 Å². The van der Waals surface area contributed by atoms with Gasteiger partial charge in [0.15, 0.2) is 6.61 Å². The Morgan fingerprint density at radius 3 is 2.55 bits per heavy atom. The average molecular weight is 418 g/mol. The van der Waals surface area contributed by atoms with E-state index < -0.39 is 24.5 Å². The Hall–Kier alpha value is -3.87. The van der Waals surface area contributed by atoms with E-state index in [1.165, 1.54) is 5.01 Å². The van der Waals surface area contributed by atoms with Crippen molar-refractivity contribution in [3.63, 3.8) is 0 Å². The molecule has 158 valence electrons. The molecular weight excluding hydrogens is 396 g/mol. The molecule has 4 rings (SSSR count). The highest BCUT2D eigenvalue weighted by Gasteiger charge is 2.35. The van der Waals surface area contributed by atoms with Crippen LogP contribution in [0.2, 0.25) is 0 Å². The highest BCUT2D eigenvalue weighted by atomic mass is 16.5. The first-order valence-electron chi connectivity index (χ1n) is 9.87. The highest BCUT2D eigenvalue weighted by molar-refractivity contribution is 6.03. The number of carbonyl (C=O) groups excluding carboxylic acids is 2. The summed E-state index contributed by atoms with van der Waals surface area (Å²) in [6.45, 7) is 1.40. The molecule has 0 saturated carbocycles. The smallest absolute Gasteiger partial charge is 0.338 e. The Kier molecular flexibility index (Phi) is 5.84. The van der Waals surface area contributed by atoms with Crippen LogP contribution in [-0.4, -0.2) is 36.3 Å². The van der Waals surface area contributed by atoms with Crippen LogP contribution in [0.15, 0.2) is 76.4 Å². The van der Waals surface area contributed by atoms with E-state index in [2.05, 4.69) is 5.10 Å². The van der Waals surface area contributed by atoms with Gasteiger partial charge in [0.05, 0.1) is 24.6 Å². The molecule has 1 amide bonds. The lowest BCUT2D eigenvalue weighted by molar-refractivity contribution is -0.136. The van der Waals surface area contributed by atoms with Gasteiger partial charge < -0.3 is 13.9 Å². The van der Waals surface area contributed by atoms with Gasteiger partial charge in [0.1, 0.15) is 17.6 Å². The second-order valence-electron chi connectivity index (χ2n) is 7.14. The molecule has 0 radical (unpaired) electrons. The lowest BCUT2D eigenvalue weighted by Crippen LogP contribution is -2.31. The maximum atomic E-state index is 12.9. The topological polar surface area (TPSA) is 81.3 Å². The zero-order chi connectivity index (χ0) is 21.8. The molecule has 0 spiro atoms. The van der Waals surface area contributed by atoms with E-state index >= 15 is 0 Å². The number of ether oxygens (including phenoxy) is 2. The van der Waals surface area contributed by atoms with E-state index in [-0.39, 0.29) is 0 Å². The number of furan rings is 1. The summed E-state index contributed by atoms with van der Waals surface area (Å²) in [4.78, 5) is 25.3. The first-order chi connectivity index (χ1) is 15.1. The number of hydrogen-bond donors (Lipinski definition) is 0. The number of hydrogen-bond acceptors (Lipinski definition) is 6. The molecule has 0 fully saturated rings. The summed E-state index contributed by atoms with van der Waals surface area (Å²) in [5.41, 5.74) is 2.84. The number of rotatable bonds is 6. The van der Waals surface area contributed by atoms with E-state index in [1.54, 1.807) is 37.6 Å². The largest absolute Gasteiger partial charge is 0.497 e. The zero-order valence-corrected chi connectivity index (χ0v) is 17.3. The number of nitrogens with zero attached hydrogens (tertiary/aromatic N) is 2. The second kappa shape index (κ2) is 8.87. The number of amides is 1. The molecular formula is C24H22N2O5. The zero-order valence-electron chi connectivity index (χ0n) is 17.3. The maximum absolute atomic E-state index is 12.9. The predicted molar refractivity (Wildman–Crippen MR) is 114 cm³/mol. The van der Waals surface area contributed by atoms with Crippen molar-refractivity contribution in [3.05, 3.63) is 89.4 Å². The molecule has 1 aliphatic rings. The molecule has 1 unspecified atom stereocenters. The minimum atomic E-state index is -0.542. The molecule has 0 saturated heterocycles. The Morgan fingerprint density at radius 2 is 1.87 bits per heavy atom. The average Bonchev–Trinajstić information content (AvgIpc) is 3.47. The Bertz CT molecular complexity index is 1100. The standard InChI is InChI=1S/C24H22N2O5/c1-16-6-3-4-7-19(16)24(28)31-15-23(27)26-21(22-8-5-13-30-22)14-20(25-26)17-9-11-18(29-2)12-10-17/h3-13,21H,14-15H2,1-2H3. The first kappa shape index (κ1) is 20.4. The van der Waals surface area contributed by atoms with Crippen LogP contribution >= 0.6 is 0 Å². The van der Waals surface area contributed by atoms with Gasteiger partial charge in [-0.05, 0) is 60.5 Å². The van der Waals surface area contributed by atoms with Gasteiger partial charge >= 0.3 is 5.97 Å². The summed E-state index contributed by atoms with van der Waals surface area (Å²) < 4.78 is 16.0. The molecule has 7 nitrogen and oxygen atoms in total. The van der Waals surface area contributed by atoms with Crippen molar-refractivity contribution >= 4 is 17.6 Å². The second-order valence-corrected chi connectivity index (χ2v) is 7.14. The number of hydrazone groups is 1. The lowest BCUT2D eigenvalue weighted by Gasteiger charge is -2.19. The minimum Gasteiger partial charge on any atom is -0.497 e. The molecule has 1 aromatic heterocycles. The minimum absolute atomic E-state index is 0.406. The molecule has 3 aromatic rings. The first-order valence-corrected chi connectivity index (χ1v) is 9.87. The van der Waals surface area contributed by atoms with Crippen molar-refractivity contribution < 1.29 is 23.5 Å². The third kappa shape index (κ3) is 4.35. The van der Waals surface area contributed by atoms with Crippen LogP contribution in [0.1, 0.15) is 39.7 Å². The molecule has 7 heteroatoms. The van der Waals surface area contributed by atoms with Crippen molar-refractivity contribution in [1.82, 2.24) is 5.01 Å². The monoisotopic (exact) mass is 418 g/mol. The van der Waals surface area contributed by atoms with Crippen LogP contribution < -0.4 is 4.74 Å². The van der Waals surface area contributed by atoms with Gasteiger partial charge in [-0.25, -0.2) is 9.80 Å². The molecule has 2 aromatic carbocycles. The summed E-state index contributed by atoms with van der Waals surface area (Å²) in [6.07, 6.45) is 2.04. The van der Waals surface area contributed by atoms with Crippen LogP contribution in [0.5, 0.6) is 5.75 Å². The SMILES string of the molecule is COc1ccc(C2=NN(C(=O)COC(=O)c3ccccc3C)C(c3ccco3)C2)cc1. The van der Waals surface area contributed by atoms with Crippen molar-refractivity contribution in [2.75, 3.05) is 13.7 Å². The van der Waals surface area contributed by atoms with Crippen LogP contribution in [0.25, 0.3) is 0 Å². The molecule has 0 N–H and O–H groups in total. The van der Waals surface area contributed by atoms with Gasteiger partial charge in [-0.2, -0.15) is 5.10 Å². The van der Waals surface area contributed by atoms with Gasteiger partial charge in [-0.15, -0.1) is 0 Å². The highest BCUT2D eigenvalue weighted by Crippen LogP contribution is 2.33. The molecule has 0 bridgehead atoms. The van der Waals surface area contributed by atoms with Gasteiger partial charge in [-0.3, -0.25) is 4.79 Å². The number of aryl methyl sites for hydroxylation is 1. The Morgan fingerprint density at radius 1 is 1.10 bits per heavy atom. The fraction of sp³-hybridized carbons (Fsp3) is 0.208. The van der Waals surface area contributed by atoms with Crippen LogP contribution in [0.4, 0.5) is 0 Å². The molecule has 2 heterocycles. The summed E-state index contributed by atoms with van der Waals surface area (Å²) >= 11 is 0. The van der Waals surface area contributed by atoms with E-state index in [4.69, 9.17) is 13.9 Å². The van der Waals surface area contributed by atoms with Crippen LogP contribution in [0.3, 0.4) is 0 Å². The van der Waals surface area contributed by atoms with E-state index in [0.29, 0.717) is 17.7 Å². The van der Waals surface area contributed by atoms with Crippen LogP contribution in [-0.2, 0) is 9.53 Å². The predicted octanol–water partition coefficient (Wildman–Crippen LogP) is 4.13. The normalized spacial score (nSPS) is 15.5. The molecule has 1 aliphatic heterocycles. The van der Waals surface area contributed by atoms with Gasteiger partial charge in [0.25, 0.3) is 5.91 Å². The van der Waals surface area contributed by atoms with Crippen molar-refractivity contribution in [1.29, 1.82) is 0 Å². The van der Waals surface area contributed by atoms with Crippen molar-refractivity contribution in [2.45, 2.75) is 19.4 Å². The van der Waals surface area contributed by atoms with E-state index in [0.717, 1.165) is 22.6 Å². The number of methoxy groups -OCH3 is 1. The quantitative estimate of drug-likeness (QED) is 0.562. The summed E-state index contributed by atoms with van der Waals surface area (Å²) in [7, 11) is 1.60. The molecule has 0 aliphatic carbocycles. The fourth-order valence-electron chi connectivity index (χ4n) is 3.47. The lowest BCUT2D eigenvalue weighted by atomic mass is 10.0. The summed E-state index contributed by atoms with van der Waals surface area (Å²) in [5, 5.41) is 5.86. The van der Waals surface area contributed by atoms with Crippen LogP contribution in [0, 0.1) is 6.92 Å². The summed E-state index contributed by atoms with van der Waals surface area (Å²) in [5.74, 6) is 0.387. The maximum Gasteiger partial charge on any atom is 0.338 e. The third-order valence-electron chi connectivity index (χ3n) is 5.15. The summed E-state index contributed by atoms with van der Waals surface area (Å²) in [6, 6.07) is 17.7. The molecule has 1 atom stereocenters. The number of esters is 1. The van der Waals surface area contributed by atoms with E-state index in [1.807, 2.05) is 43.3 Å². The van der Waals surface area contributed by atoms with Crippen molar-refractivity contribution in [2.24, 2.45) is 5.10 Å². The Balaban J connectivity index is 1.52. The van der Waals surface area contributed by atoms with Gasteiger partial charge in [-0.1, -0.05) is 18.2 Å². The Labute approximate surface area is 179 Å². The van der Waals surface area contributed by atoms with E-state index in [9.17, 15) is 9.59 Å². The fourth-order valence-corrected chi connectivity index (χ4v) is 3.47. The van der Waals surface area contributed by atoms with Gasteiger partial charge in [0, 0.05) is 6.42 Å². The van der Waals surface area contributed by atoms with Crippen molar-refractivity contribution in [3.8, 4) is 5.75 Å². The number of carbonyl (C=O) groups is 2. The molecule has 31 heavy (non-hydrogen) atoms.